The topological polar surface area (TPSA) is 82.4 Å². The van der Waals surface area contributed by atoms with Crippen LogP contribution in [0.1, 0.15) is 36.6 Å². The van der Waals surface area contributed by atoms with Gasteiger partial charge < -0.3 is 19.1 Å². The summed E-state index contributed by atoms with van der Waals surface area (Å²) in [6.07, 6.45) is 1.84. The number of anilines is 1. The maximum atomic E-state index is 14.0. The smallest absolute Gasteiger partial charge is 0.338 e. The summed E-state index contributed by atoms with van der Waals surface area (Å²) in [5, 5.41) is 0. The van der Waals surface area contributed by atoms with E-state index in [9.17, 15) is 9.59 Å². The van der Waals surface area contributed by atoms with Crippen molar-refractivity contribution >= 4 is 51.7 Å². The number of hydrogen-bond donors (Lipinski definition) is 0. The Morgan fingerprint density at radius 2 is 1.81 bits per heavy atom. The molecular weight excluding hydrogens is 677 g/mol. The number of fused-ring (bicyclic) bond motifs is 1. The first kappa shape index (κ1) is 30.6. The van der Waals surface area contributed by atoms with Gasteiger partial charge in [-0.25, -0.2) is 9.79 Å². The minimum absolute atomic E-state index is 0.222. The molecule has 1 unspecified atom stereocenters. The molecule has 43 heavy (non-hydrogen) atoms. The van der Waals surface area contributed by atoms with Crippen LogP contribution in [0.4, 0.5) is 5.69 Å². The Morgan fingerprint density at radius 1 is 1.09 bits per heavy atom. The molecule has 1 aromatic heterocycles. The Hall–Kier alpha value is -3.90. The lowest BCUT2D eigenvalue weighted by molar-refractivity contribution is -0.139. The molecule has 4 aromatic rings. The maximum absolute atomic E-state index is 14.0. The van der Waals surface area contributed by atoms with Crippen LogP contribution in [0.2, 0.25) is 0 Å². The number of allylic oxidation sites excluding steroid dienone is 1. The molecule has 0 amide bonds. The van der Waals surface area contributed by atoms with Crippen LogP contribution in [0.3, 0.4) is 0 Å². The van der Waals surface area contributed by atoms with Crippen LogP contribution in [-0.4, -0.2) is 38.3 Å². The van der Waals surface area contributed by atoms with Gasteiger partial charge in [0.1, 0.15) is 18.1 Å². The van der Waals surface area contributed by atoms with Crippen molar-refractivity contribution in [2.45, 2.75) is 26.5 Å². The summed E-state index contributed by atoms with van der Waals surface area (Å²) < 4.78 is 20.2. The van der Waals surface area contributed by atoms with Crippen molar-refractivity contribution < 1.29 is 19.0 Å². The molecule has 8 nitrogen and oxygen atoms in total. The van der Waals surface area contributed by atoms with Crippen LogP contribution in [-0.2, 0) is 16.1 Å². The van der Waals surface area contributed by atoms with E-state index in [4.69, 9.17) is 14.2 Å². The average molecular weight is 710 g/mol. The SMILES string of the molecule is CCOC(=O)C1=C(C)N=c2s/c(=C/c3ccc(OC)c(COc4ccc(I)cc4)c3)c(=O)n2C1c1ccc(N(C)C)cc1. The molecule has 0 radical (unpaired) electrons. The van der Waals surface area contributed by atoms with Gasteiger partial charge in [-0.3, -0.25) is 9.36 Å². The van der Waals surface area contributed by atoms with Gasteiger partial charge in [0.05, 0.1) is 35.6 Å². The first-order valence-corrected chi connectivity index (χ1v) is 15.6. The van der Waals surface area contributed by atoms with E-state index in [0.29, 0.717) is 33.0 Å². The molecule has 0 bridgehead atoms. The van der Waals surface area contributed by atoms with Crippen LogP contribution >= 0.6 is 33.9 Å². The molecule has 3 aromatic carbocycles. The molecule has 1 aliphatic heterocycles. The van der Waals surface area contributed by atoms with Gasteiger partial charge >= 0.3 is 5.97 Å². The molecule has 0 fully saturated rings. The highest BCUT2D eigenvalue weighted by Crippen LogP contribution is 2.32. The molecule has 5 rings (SSSR count). The van der Waals surface area contributed by atoms with E-state index in [0.717, 1.165) is 31.7 Å². The number of thiazole rings is 1. The quantitative estimate of drug-likeness (QED) is 0.179. The Balaban J connectivity index is 1.57. The van der Waals surface area contributed by atoms with Gasteiger partial charge in [0.2, 0.25) is 0 Å². The summed E-state index contributed by atoms with van der Waals surface area (Å²) in [7, 11) is 5.55. The van der Waals surface area contributed by atoms with Crippen molar-refractivity contribution in [3.05, 3.63) is 118 Å². The van der Waals surface area contributed by atoms with Crippen molar-refractivity contribution in [3.8, 4) is 11.5 Å². The summed E-state index contributed by atoms with van der Waals surface area (Å²) in [4.78, 5) is 34.4. The van der Waals surface area contributed by atoms with Gasteiger partial charge in [0, 0.05) is 28.9 Å². The predicted octanol–water partition coefficient (Wildman–Crippen LogP) is 5.06. The molecule has 10 heteroatoms. The number of carbonyl (C=O) groups is 1. The fraction of sp³-hybridized carbons (Fsp3) is 0.242. The maximum Gasteiger partial charge on any atom is 0.338 e. The van der Waals surface area contributed by atoms with E-state index in [1.807, 2.05) is 91.8 Å². The molecule has 0 saturated heterocycles. The largest absolute Gasteiger partial charge is 0.496 e. The van der Waals surface area contributed by atoms with Crippen LogP contribution in [0.25, 0.3) is 6.08 Å². The lowest BCUT2D eigenvalue weighted by atomic mass is 9.95. The molecule has 1 atom stereocenters. The lowest BCUT2D eigenvalue weighted by Gasteiger charge is -2.25. The standard InChI is InChI=1S/C33H32IN3O5S/c1-6-41-32(39)29-20(2)35-33-37(30(29)22-8-12-25(13-9-22)36(3)4)31(38)28(43-33)18-21-7-16-27(40-5)23(17-21)19-42-26-14-10-24(34)11-15-26/h7-18,30H,6,19H2,1-5H3/b28-18+. The highest BCUT2D eigenvalue weighted by molar-refractivity contribution is 14.1. The highest BCUT2D eigenvalue weighted by atomic mass is 127. The summed E-state index contributed by atoms with van der Waals surface area (Å²) in [5.74, 6) is 0.972. The third kappa shape index (κ3) is 6.54. The number of carbonyl (C=O) groups excluding carboxylic acids is 1. The third-order valence-corrected chi connectivity index (χ3v) is 8.75. The monoisotopic (exact) mass is 709 g/mol. The molecule has 222 valence electrons. The van der Waals surface area contributed by atoms with E-state index in [1.54, 1.807) is 25.5 Å². The van der Waals surface area contributed by atoms with Crippen LogP contribution < -0.4 is 29.3 Å². The van der Waals surface area contributed by atoms with Crippen molar-refractivity contribution in [2.75, 3.05) is 32.7 Å². The number of nitrogens with zero attached hydrogens (tertiary/aromatic N) is 3. The average Bonchev–Trinajstić information content (AvgIpc) is 3.30. The van der Waals surface area contributed by atoms with E-state index in [2.05, 4.69) is 27.6 Å². The summed E-state index contributed by atoms with van der Waals surface area (Å²) >= 11 is 3.55. The van der Waals surface area contributed by atoms with Gasteiger partial charge in [-0.05, 0) is 102 Å². The van der Waals surface area contributed by atoms with Crippen LogP contribution in [0.5, 0.6) is 11.5 Å². The fourth-order valence-electron chi connectivity index (χ4n) is 4.91. The van der Waals surface area contributed by atoms with Crippen molar-refractivity contribution in [1.82, 2.24) is 4.57 Å². The summed E-state index contributed by atoms with van der Waals surface area (Å²) in [5.41, 5.74) is 4.14. The highest BCUT2D eigenvalue weighted by Gasteiger charge is 2.33. The van der Waals surface area contributed by atoms with Crippen LogP contribution in [0, 0.1) is 3.57 Å². The number of rotatable bonds is 9. The van der Waals surface area contributed by atoms with Gasteiger partial charge in [-0.1, -0.05) is 29.5 Å². The number of halogens is 1. The second kappa shape index (κ2) is 13.2. The number of aromatic nitrogens is 1. The van der Waals surface area contributed by atoms with Gasteiger partial charge in [0.25, 0.3) is 5.56 Å². The zero-order chi connectivity index (χ0) is 30.7. The second-order valence-corrected chi connectivity index (χ2v) is 12.4. The minimum atomic E-state index is -0.664. The lowest BCUT2D eigenvalue weighted by Crippen LogP contribution is -2.39. The van der Waals surface area contributed by atoms with E-state index in [1.165, 1.54) is 11.3 Å². The number of benzene rings is 3. The molecule has 0 aliphatic carbocycles. The first-order chi connectivity index (χ1) is 20.7. The Morgan fingerprint density at radius 3 is 2.47 bits per heavy atom. The predicted molar refractivity (Wildman–Crippen MR) is 178 cm³/mol. The summed E-state index contributed by atoms with van der Waals surface area (Å²) in [6.45, 7) is 4.07. The van der Waals surface area contributed by atoms with E-state index >= 15 is 0 Å². The van der Waals surface area contributed by atoms with E-state index in [-0.39, 0.29) is 12.2 Å². The fourth-order valence-corrected chi connectivity index (χ4v) is 6.31. The van der Waals surface area contributed by atoms with Crippen LogP contribution in [0.15, 0.2) is 87.8 Å². The molecule has 0 N–H and O–H groups in total. The zero-order valence-corrected chi connectivity index (χ0v) is 27.6. The summed E-state index contributed by atoms with van der Waals surface area (Å²) in [6, 6.07) is 20.7. The van der Waals surface area contributed by atoms with Crippen molar-refractivity contribution in [2.24, 2.45) is 4.99 Å². The van der Waals surface area contributed by atoms with E-state index < -0.39 is 12.0 Å². The molecule has 0 spiro atoms. The van der Waals surface area contributed by atoms with Crippen molar-refractivity contribution in [1.29, 1.82) is 0 Å². The second-order valence-electron chi connectivity index (χ2n) is 10.1. The number of ether oxygens (including phenoxy) is 3. The molecule has 0 saturated carbocycles. The van der Waals surface area contributed by atoms with Gasteiger partial charge in [-0.15, -0.1) is 0 Å². The van der Waals surface area contributed by atoms with Gasteiger partial charge in [-0.2, -0.15) is 0 Å². The normalized spacial score (nSPS) is 14.7. The minimum Gasteiger partial charge on any atom is -0.496 e. The Bertz CT molecular complexity index is 1860. The molecule has 2 heterocycles. The van der Waals surface area contributed by atoms with Crippen molar-refractivity contribution in [3.63, 3.8) is 0 Å². The number of hydrogen-bond acceptors (Lipinski definition) is 8. The third-order valence-electron chi connectivity index (χ3n) is 7.05. The molecular formula is C33H32IN3O5S. The molecule has 1 aliphatic rings. The zero-order valence-electron chi connectivity index (χ0n) is 24.6. The van der Waals surface area contributed by atoms with Gasteiger partial charge in [0.15, 0.2) is 4.80 Å². The number of methoxy groups -OCH3 is 1. The Labute approximate surface area is 267 Å². The first-order valence-electron chi connectivity index (χ1n) is 13.7. The Kier molecular flexibility index (Phi) is 9.36. The number of esters is 1.